The zero-order chi connectivity index (χ0) is 18.4. The van der Waals surface area contributed by atoms with E-state index in [2.05, 4.69) is 20.5 Å². The Balaban J connectivity index is 1.56. The van der Waals surface area contributed by atoms with Crippen molar-refractivity contribution in [3.05, 3.63) is 54.4 Å². The van der Waals surface area contributed by atoms with Gasteiger partial charge in [0, 0.05) is 30.1 Å². The molecule has 9 heteroatoms. The molecule has 2 heterocycles. The average molecular weight is 370 g/mol. The highest BCUT2D eigenvalue weighted by Gasteiger charge is 2.14. The van der Waals surface area contributed by atoms with Crippen LogP contribution < -0.4 is 15.9 Å². The summed E-state index contributed by atoms with van der Waals surface area (Å²) in [6.07, 6.45) is 3.32. The summed E-state index contributed by atoms with van der Waals surface area (Å²) in [4.78, 5) is 16.1. The van der Waals surface area contributed by atoms with Gasteiger partial charge in [-0.3, -0.25) is 9.78 Å². The Morgan fingerprint density at radius 3 is 2.88 bits per heavy atom. The second kappa shape index (κ2) is 8.34. The smallest absolute Gasteiger partial charge is 0.230 e. The van der Waals surface area contributed by atoms with Crippen LogP contribution in [0.25, 0.3) is 11.4 Å². The van der Waals surface area contributed by atoms with Crippen LogP contribution in [0, 0.1) is 0 Å². The normalized spacial score (nSPS) is 10.5. The molecule has 134 valence electrons. The molecule has 1 amide bonds. The van der Waals surface area contributed by atoms with Gasteiger partial charge < -0.3 is 15.9 Å². The number of hydrogen-bond donors (Lipinski definition) is 2. The number of hydrogen-bond acceptors (Lipinski definition) is 7. The first-order chi connectivity index (χ1) is 12.7. The van der Waals surface area contributed by atoms with Crippen molar-refractivity contribution in [2.24, 2.45) is 0 Å². The number of methoxy groups -OCH3 is 1. The third-order valence-corrected chi connectivity index (χ3v) is 4.53. The summed E-state index contributed by atoms with van der Waals surface area (Å²) in [5.74, 6) is 7.30. The number of amides is 1. The van der Waals surface area contributed by atoms with Crippen LogP contribution in [0.3, 0.4) is 0 Å². The van der Waals surface area contributed by atoms with Crippen molar-refractivity contribution < 1.29 is 9.53 Å². The van der Waals surface area contributed by atoms with Crippen molar-refractivity contribution in [1.82, 2.24) is 25.2 Å². The predicted octanol–water partition coefficient (Wildman–Crippen LogP) is 1.47. The van der Waals surface area contributed by atoms with E-state index in [-0.39, 0.29) is 11.7 Å². The molecule has 0 aliphatic rings. The summed E-state index contributed by atoms with van der Waals surface area (Å²) < 4.78 is 6.62. The number of nitrogens with two attached hydrogens (primary N) is 1. The molecule has 26 heavy (non-hydrogen) atoms. The zero-order valence-electron chi connectivity index (χ0n) is 14.1. The lowest BCUT2D eigenvalue weighted by molar-refractivity contribution is -0.118. The van der Waals surface area contributed by atoms with E-state index in [1.54, 1.807) is 25.6 Å². The van der Waals surface area contributed by atoms with Gasteiger partial charge in [-0.15, -0.1) is 10.2 Å². The lowest BCUT2D eigenvalue weighted by Crippen LogP contribution is -2.25. The molecule has 0 saturated heterocycles. The maximum atomic E-state index is 12.1. The molecule has 0 radical (unpaired) electrons. The lowest BCUT2D eigenvalue weighted by atomic mass is 10.2. The highest BCUT2D eigenvalue weighted by Crippen LogP contribution is 2.21. The van der Waals surface area contributed by atoms with E-state index >= 15 is 0 Å². The fraction of sp³-hybridized carbons (Fsp3) is 0.176. The number of carbonyl (C=O) groups is 1. The van der Waals surface area contributed by atoms with Gasteiger partial charge in [-0.1, -0.05) is 30.0 Å². The Morgan fingerprint density at radius 2 is 2.12 bits per heavy atom. The molecule has 0 aliphatic carbocycles. The van der Waals surface area contributed by atoms with Crippen molar-refractivity contribution in [2.45, 2.75) is 11.7 Å². The number of aromatic nitrogens is 4. The number of carbonyl (C=O) groups excluding carboxylic acids is 1. The van der Waals surface area contributed by atoms with Crippen molar-refractivity contribution >= 4 is 17.7 Å². The van der Waals surface area contributed by atoms with E-state index in [9.17, 15) is 4.79 Å². The van der Waals surface area contributed by atoms with Crippen LogP contribution in [0.2, 0.25) is 0 Å². The number of para-hydroxylation sites is 1. The Morgan fingerprint density at radius 1 is 1.27 bits per heavy atom. The van der Waals surface area contributed by atoms with Crippen LogP contribution in [0.1, 0.15) is 5.56 Å². The second-order valence-electron chi connectivity index (χ2n) is 5.30. The molecular weight excluding hydrogens is 352 g/mol. The summed E-state index contributed by atoms with van der Waals surface area (Å²) in [6.45, 7) is 0.389. The zero-order valence-corrected chi connectivity index (χ0v) is 14.9. The number of pyridine rings is 1. The Bertz CT molecular complexity index is 884. The molecule has 3 aromatic rings. The van der Waals surface area contributed by atoms with Crippen LogP contribution in [-0.2, 0) is 11.3 Å². The SMILES string of the molecule is COc1ccccc1CNC(=O)CSc1nnc(-c2cccnc2)n1N. The first-order valence-electron chi connectivity index (χ1n) is 7.81. The summed E-state index contributed by atoms with van der Waals surface area (Å²) >= 11 is 1.22. The fourth-order valence-electron chi connectivity index (χ4n) is 2.29. The van der Waals surface area contributed by atoms with Crippen LogP contribution in [0.5, 0.6) is 5.75 Å². The van der Waals surface area contributed by atoms with E-state index in [1.165, 1.54) is 16.4 Å². The number of nitrogens with one attached hydrogen (secondary N) is 1. The van der Waals surface area contributed by atoms with Gasteiger partial charge >= 0.3 is 0 Å². The molecule has 0 spiro atoms. The van der Waals surface area contributed by atoms with Gasteiger partial charge in [0.2, 0.25) is 11.1 Å². The van der Waals surface area contributed by atoms with Gasteiger partial charge in [-0.25, -0.2) is 4.68 Å². The summed E-state index contributed by atoms with van der Waals surface area (Å²) in [7, 11) is 1.60. The topological polar surface area (TPSA) is 108 Å². The minimum Gasteiger partial charge on any atom is -0.496 e. The molecule has 0 fully saturated rings. The first-order valence-corrected chi connectivity index (χ1v) is 8.80. The minimum atomic E-state index is -0.133. The molecule has 0 aliphatic heterocycles. The molecule has 3 rings (SSSR count). The Kier molecular flexibility index (Phi) is 5.69. The average Bonchev–Trinajstić information content (AvgIpc) is 3.06. The molecule has 0 unspecified atom stereocenters. The summed E-state index contributed by atoms with van der Waals surface area (Å²) in [5.41, 5.74) is 1.67. The van der Waals surface area contributed by atoms with Gasteiger partial charge in [0.25, 0.3) is 0 Å². The molecule has 2 aromatic heterocycles. The third kappa shape index (κ3) is 4.12. The van der Waals surface area contributed by atoms with Crippen molar-refractivity contribution in [3.8, 4) is 17.1 Å². The van der Waals surface area contributed by atoms with Crippen molar-refractivity contribution in [3.63, 3.8) is 0 Å². The van der Waals surface area contributed by atoms with Crippen LogP contribution in [0.4, 0.5) is 0 Å². The maximum Gasteiger partial charge on any atom is 0.230 e. The summed E-state index contributed by atoms with van der Waals surface area (Å²) in [5, 5.41) is 11.4. The number of nitrogens with zero attached hydrogens (tertiary/aromatic N) is 4. The fourth-order valence-corrected chi connectivity index (χ4v) is 2.98. The molecule has 0 bridgehead atoms. The van der Waals surface area contributed by atoms with Crippen LogP contribution >= 0.6 is 11.8 Å². The van der Waals surface area contributed by atoms with Gasteiger partial charge in [0.15, 0.2) is 5.82 Å². The maximum absolute atomic E-state index is 12.1. The Hall–Kier alpha value is -3.07. The molecular formula is C17H18N6O2S. The molecule has 0 atom stereocenters. The van der Waals surface area contributed by atoms with E-state index in [0.29, 0.717) is 17.5 Å². The lowest BCUT2D eigenvalue weighted by Gasteiger charge is -2.09. The number of thioether (sulfide) groups is 1. The van der Waals surface area contributed by atoms with E-state index in [1.807, 2.05) is 30.3 Å². The quantitative estimate of drug-likeness (QED) is 0.479. The van der Waals surface area contributed by atoms with Gasteiger partial charge in [0.05, 0.1) is 12.9 Å². The number of ether oxygens (including phenoxy) is 1. The molecule has 0 saturated carbocycles. The van der Waals surface area contributed by atoms with Crippen LogP contribution in [-0.4, -0.2) is 38.6 Å². The molecule has 1 aromatic carbocycles. The third-order valence-electron chi connectivity index (χ3n) is 3.59. The van der Waals surface area contributed by atoms with Crippen molar-refractivity contribution in [2.75, 3.05) is 18.7 Å². The second-order valence-corrected chi connectivity index (χ2v) is 6.24. The van der Waals surface area contributed by atoms with Gasteiger partial charge in [0.1, 0.15) is 5.75 Å². The van der Waals surface area contributed by atoms with Gasteiger partial charge in [-0.2, -0.15) is 0 Å². The minimum absolute atomic E-state index is 0.133. The van der Waals surface area contributed by atoms with Crippen LogP contribution in [0.15, 0.2) is 53.9 Å². The van der Waals surface area contributed by atoms with E-state index in [4.69, 9.17) is 10.6 Å². The van der Waals surface area contributed by atoms with E-state index < -0.39 is 0 Å². The molecule has 8 nitrogen and oxygen atoms in total. The number of rotatable bonds is 7. The Labute approximate surface area is 154 Å². The monoisotopic (exact) mass is 370 g/mol. The highest BCUT2D eigenvalue weighted by atomic mass is 32.2. The van der Waals surface area contributed by atoms with E-state index in [0.717, 1.165) is 16.9 Å². The molecule has 3 N–H and O–H groups in total. The van der Waals surface area contributed by atoms with Gasteiger partial charge in [-0.05, 0) is 18.2 Å². The van der Waals surface area contributed by atoms with Crippen molar-refractivity contribution in [1.29, 1.82) is 0 Å². The number of benzene rings is 1. The number of nitrogen functional groups attached to an aromatic ring is 1. The summed E-state index contributed by atoms with van der Waals surface area (Å²) in [6, 6.07) is 11.2. The predicted molar refractivity (Wildman–Crippen MR) is 99.0 cm³/mol. The first kappa shape index (κ1) is 17.7. The standard InChI is InChI=1S/C17H18N6O2S/c1-25-14-7-3-2-5-12(14)10-20-15(24)11-26-17-22-21-16(23(17)18)13-6-4-8-19-9-13/h2-9H,10-11,18H2,1H3,(H,20,24). The highest BCUT2D eigenvalue weighted by molar-refractivity contribution is 7.99. The largest absolute Gasteiger partial charge is 0.496 e.